The van der Waals surface area contributed by atoms with Gasteiger partial charge in [-0.2, -0.15) is 5.26 Å². The van der Waals surface area contributed by atoms with Crippen molar-refractivity contribution < 1.29 is 5.11 Å². The summed E-state index contributed by atoms with van der Waals surface area (Å²) in [5.74, 6) is -0.0843. The van der Waals surface area contributed by atoms with Gasteiger partial charge >= 0.3 is 0 Å². The molecule has 0 saturated heterocycles. The van der Waals surface area contributed by atoms with Gasteiger partial charge in [0.15, 0.2) is 5.75 Å². The van der Waals surface area contributed by atoms with Crippen LogP contribution in [-0.2, 0) is 12.8 Å². The van der Waals surface area contributed by atoms with Crippen LogP contribution in [0.3, 0.4) is 0 Å². The fourth-order valence-electron chi connectivity index (χ4n) is 1.68. The van der Waals surface area contributed by atoms with Gasteiger partial charge in [-0.1, -0.05) is 29.8 Å². The minimum Gasteiger partial charge on any atom is -0.505 e. The lowest BCUT2D eigenvalue weighted by molar-refractivity contribution is 0.470. The summed E-state index contributed by atoms with van der Waals surface area (Å²) >= 11 is 6.06. The van der Waals surface area contributed by atoms with E-state index in [9.17, 15) is 5.11 Å². The number of aryl methyl sites for hydroxylation is 2. The second kappa shape index (κ2) is 5.52. The molecule has 0 bridgehead atoms. The van der Waals surface area contributed by atoms with E-state index in [0.29, 0.717) is 6.42 Å². The van der Waals surface area contributed by atoms with Crippen molar-refractivity contribution in [3.8, 4) is 11.8 Å². The Morgan fingerprint density at radius 1 is 1.28 bits per heavy atom. The molecule has 4 heteroatoms. The Morgan fingerprint density at radius 3 is 2.78 bits per heavy atom. The molecule has 0 unspecified atom stereocenters. The standard InChI is InChI=1S/C14H11ClN2O/c15-13-4-2-1-3-10(13)5-6-12-7-11(8-16)14(18)9-17-12/h1-4,7,9,18H,5-6H2. The average Bonchev–Trinajstić information content (AvgIpc) is 2.39. The van der Waals surface area contributed by atoms with Crippen LogP contribution < -0.4 is 0 Å². The van der Waals surface area contributed by atoms with Crippen LogP contribution in [0.25, 0.3) is 0 Å². The lowest BCUT2D eigenvalue weighted by Gasteiger charge is -2.04. The molecule has 0 aliphatic heterocycles. The first-order valence-corrected chi connectivity index (χ1v) is 5.90. The number of hydrogen-bond acceptors (Lipinski definition) is 3. The van der Waals surface area contributed by atoms with Gasteiger partial charge in [0.1, 0.15) is 6.07 Å². The zero-order chi connectivity index (χ0) is 13.0. The van der Waals surface area contributed by atoms with Crippen LogP contribution in [-0.4, -0.2) is 10.1 Å². The number of rotatable bonds is 3. The molecular formula is C14H11ClN2O. The molecule has 0 radical (unpaired) electrons. The third-order valence-corrected chi connectivity index (χ3v) is 3.04. The van der Waals surface area contributed by atoms with Crippen LogP contribution in [0.5, 0.6) is 5.75 Å². The highest BCUT2D eigenvalue weighted by atomic mass is 35.5. The average molecular weight is 259 g/mol. The van der Waals surface area contributed by atoms with Crippen molar-refractivity contribution in [2.45, 2.75) is 12.8 Å². The highest BCUT2D eigenvalue weighted by molar-refractivity contribution is 6.31. The molecule has 2 rings (SSSR count). The Hall–Kier alpha value is -2.05. The fourth-order valence-corrected chi connectivity index (χ4v) is 1.91. The Kier molecular flexibility index (Phi) is 3.81. The van der Waals surface area contributed by atoms with E-state index in [2.05, 4.69) is 4.98 Å². The lowest BCUT2D eigenvalue weighted by Crippen LogP contribution is -1.96. The predicted octanol–water partition coefficient (Wildman–Crippen LogP) is 3.10. The van der Waals surface area contributed by atoms with Crippen LogP contribution in [0.1, 0.15) is 16.8 Å². The quantitative estimate of drug-likeness (QED) is 0.920. The molecule has 18 heavy (non-hydrogen) atoms. The lowest BCUT2D eigenvalue weighted by atomic mass is 10.1. The van der Waals surface area contributed by atoms with Crippen molar-refractivity contribution in [2.24, 2.45) is 0 Å². The molecule has 0 aliphatic rings. The van der Waals surface area contributed by atoms with Gasteiger partial charge in [0.25, 0.3) is 0 Å². The number of aromatic hydroxyl groups is 1. The molecule has 0 spiro atoms. The highest BCUT2D eigenvalue weighted by Crippen LogP contribution is 2.19. The molecule has 3 nitrogen and oxygen atoms in total. The van der Waals surface area contributed by atoms with E-state index in [-0.39, 0.29) is 11.3 Å². The molecule has 0 amide bonds. The highest BCUT2D eigenvalue weighted by Gasteiger charge is 2.05. The maximum Gasteiger partial charge on any atom is 0.151 e. The largest absolute Gasteiger partial charge is 0.505 e. The number of nitriles is 1. The van der Waals surface area contributed by atoms with Gasteiger partial charge < -0.3 is 5.11 Å². The summed E-state index contributed by atoms with van der Waals surface area (Å²) in [6.07, 6.45) is 2.74. The molecule has 1 aromatic heterocycles. The molecule has 0 fully saturated rings. The van der Waals surface area contributed by atoms with Gasteiger partial charge in [-0.25, -0.2) is 0 Å². The summed E-state index contributed by atoms with van der Waals surface area (Å²) in [4.78, 5) is 4.09. The minimum atomic E-state index is -0.0843. The van der Waals surface area contributed by atoms with Gasteiger partial charge in [-0.15, -0.1) is 0 Å². The number of halogens is 1. The topological polar surface area (TPSA) is 56.9 Å². The van der Waals surface area contributed by atoms with Gasteiger partial charge in [0, 0.05) is 10.7 Å². The van der Waals surface area contributed by atoms with Crippen molar-refractivity contribution in [1.29, 1.82) is 5.26 Å². The van der Waals surface area contributed by atoms with Crippen LogP contribution in [0.2, 0.25) is 5.02 Å². The monoisotopic (exact) mass is 258 g/mol. The molecule has 1 aromatic carbocycles. The van der Waals surface area contributed by atoms with E-state index in [4.69, 9.17) is 16.9 Å². The maximum atomic E-state index is 9.36. The van der Waals surface area contributed by atoms with Crippen molar-refractivity contribution in [3.05, 3.63) is 58.4 Å². The van der Waals surface area contributed by atoms with Gasteiger partial charge in [0.2, 0.25) is 0 Å². The predicted molar refractivity (Wildman–Crippen MR) is 69.5 cm³/mol. The second-order valence-electron chi connectivity index (χ2n) is 3.90. The van der Waals surface area contributed by atoms with Gasteiger partial charge in [0.05, 0.1) is 11.8 Å². The molecule has 2 aromatic rings. The molecular weight excluding hydrogens is 248 g/mol. The molecule has 1 N–H and O–H groups in total. The number of benzene rings is 1. The first-order chi connectivity index (χ1) is 8.70. The smallest absolute Gasteiger partial charge is 0.151 e. The summed E-state index contributed by atoms with van der Waals surface area (Å²) in [7, 11) is 0. The number of nitrogens with zero attached hydrogens (tertiary/aromatic N) is 2. The Labute approximate surface area is 110 Å². The normalized spacial score (nSPS) is 10.0. The summed E-state index contributed by atoms with van der Waals surface area (Å²) < 4.78 is 0. The summed E-state index contributed by atoms with van der Waals surface area (Å²) in [5, 5.41) is 18.9. The number of hydrogen-bond donors (Lipinski definition) is 1. The third kappa shape index (κ3) is 2.79. The van der Waals surface area contributed by atoms with E-state index in [0.717, 1.165) is 22.7 Å². The number of aromatic nitrogens is 1. The van der Waals surface area contributed by atoms with Crippen LogP contribution in [0.4, 0.5) is 0 Å². The second-order valence-corrected chi connectivity index (χ2v) is 4.30. The van der Waals surface area contributed by atoms with Crippen LogP contribution in [0.15, 0.2) is 36.5 Å². The van der Waals surface area contributed by atoms with E-state index in [1.807, 2.05) is 30.3 Å². The molecule has 0 atom stereocenters. The third-order valence-electron chi connectivity index (χ3n) is 2.67. The summed E-state index contributed by atoms with van der Waals surface area (Å²) in [6.45, 7) is 0. The van der Waals surface area contributed by atoms with Crippen molar-refractivity contribution in [3.63, 3.8) is 0 Å². The molecule has 0 aliphatic carbocycles. The molecule has 90 valence electrons. The van der Waals surface area contributed by atoms with E-state index in [1.165, 1.54) is 6.20 Å². The molecule has 0 saturated carbocycles. The first-order valence-electron chi connectivity index (χ1n) is 5.52. The van der Waals surface area contributed by atoms with E-state index >= 15 is 0 Å². The summed E-state index contributed by atoms with van der Waals surface area (Å²) in [5.41, 5.74) is 2.07. The Balaban J connectivity index is 2.12. The van der Waals surface area contributed by atoms with Crippen LogP contribution in [0, 0.1) is 11.3 Å². The zero-order valence-corrected chi connectivity index (χ0v) is 10.4. The van der Waals surface area contributed by atoms with Crippen LogP contribution >= 0.6 is 11.6 Å². The van der Waals surface area contributed by atoms with Gasteiger partial charge in [-0.05, 0) is 30.5 Å². The van der Waals surface area contributed by atoms with Crippen molar-refractivity contribution >= 4 is 11.6 Å². The zero-order valence-electron chi connectivity index (χ0n) is 9.60. The molecule has 1 heterocycles. The maximum absolute atomic E-state index is 9.36. The van der Waals surface area contributed by atoms with Gasteiger partial charge in [-0.3, -0.25) is 4.98 Å². The fraction of sp³-hybridized carbons (Fsp3) is 0.143. The first kappa shape index (κ1) is 12.4. The van der Waals surface area contributed by atoms with E-state index in [1.54, 1.807) is 6.07 Å². The Morgan fingerprint density at radius 2 is 2.06 bits per heavy atom. The van der Waals surface area contributed by atoms with Crippen molar-refractivity contribution in [1.82, 2.24) is 4.98 Å². The minimum absolute atomic E-state index is 0.0843. The summed E-state index contributed by atoms with van der Waals surface area (Å²) in [6, 6.07) is 11.2. The Bertz CT molecular complexity index is 605. The SMILES string of the molecule is N#Cc1cc(CCc2ccccc2Cl)ncc1O. The van der Waals surface area contributed by atoms with E-state index < -0.39 is 0 Å². The van der Waals surface area contributed by atoms with Crippen molar-refractivity contribution in [2.75, 3.05) is 0 Å². The number of pyridine rings is 1.